The first-order valence-electron chi connectivity index (χ1n) is 5.77. The van der Waals surface area contributed by atoms with Crippen molar-refractivity contribution in [3.05, 3.63) is 34.1 Å². The van der Waals surface area contributed by atoms with Crippen LogP contribution in [0.5, 0.6) is 0 Å². The van der Waals surface area contributed by atoms with Gasteiger partial charge in [0.05, 0.1) is 11.1 Å². The fourth-order valence-corrected chi connectivity index (χ4v) is 2.58. The third-order valence-corrected chi connectivity index (χ3v) is 3.69. The van der Waals surface area contributed by atoms with Gasteiger partial charge >= 0.3 is 0 Å². The largest absolute Gasteiger partial charge is 0.376 e. The molecule has 0 radical (unpaired) electrons. The molecule has 1 nitrogen and oxygen atoms in total. The topological polar surface area (TPSA) is 9.23 Å². The van der Waals surface area contributed by atoms with Crippen LogP contribution in [0.3, 0.4) is 0 Å². The van der Waals surface area contributed by atoms with Crippen molar-refractivity contribution in [3.8, 4) is 0 Å². The van der Waals surface area contributed by atoms with E-state index in [0.29, 0.717) is 11.1 Å². The van der Waals surface area contributed by atoms with Crippen LogP contribution in [0, 0.1) is 11.7 Å². The standard InChI is InChI=1S/C13H16BrFO/c14-12-7-11(5-6-13(12)15)9-16-8-10-3-1-2-4-10/h5-7,10H,1-4,8-9H2. The van der Waals surface area contributed by atoms with Crippen molar-refractivity contribution in [2.24, 2.45) is 5.92 Å². The first-order chi connectivity index (χ1) is 7.75. The summed E-state index contributed by atoms with van der Waals surface area (Å²) in [5.74, 6) is 0.517. The Bertz CT molecular complexity index is 348. The summed E-state index contributed by atoms with van der Waals surface area (Å²) in [5, 5.41) is 0. The Morgan fingerprint density at radius 2 is 2.06 bits per heavy atom. The van der Waals surface area contributed by atoms with Gasteiger partial charge in [-0.25, -0.2) is 4.39 Å². The molecule has 0 unspecified atom stereocenters. The molecule has 16 heavy (non-hydrogen) atoms. The van der Waals surface area contributed by atoms with Crippen molar-refractivity contribution in [3.63, 3.8) is 0 Å². The molecule has 0 aromatic heterocycles. The predicted octanol–water partition coefficient (Wildman–Crippen LogP) is 4.30. The summed E-state index contributed by atoms with van der Waals surface area (Å²) in [4.78, 5) is 0. The van der Waals surface area contributed by atoms with E-state index in [9.17, 15) is 4.39 Å². The van der Waals surface area contributed by atoms with Crippen LogP contribution in [0.4, 0.5) is 4.39 Å². The Kier molecular flexibility index (Phi) is 4.36. The molecular weight excluding hydrogens is 271 g/mol. The molecule has 0 atom stereocenters. The van der Waals surface area contributed by atoms with E-state index in [4.69, 9.17) is 4.74 Å². The van der Waals surface area contributed by atoms with Crippen molar-refractivity contribution in [2.75, 3.05) is 6.61 Å². The van der Waals surface area contributed by atoms with Gasteiger partial charge in [0, 0.05) is 6.61 Å². The zero-order valence-electron chi connectivity index (χ0n) is 9.22. The number of hydrogen-bond acceptors (Lipinski definition) is 1. The lowest BCUT2D eigenvalue weighted by molar-refractivity contribution is 0.0888. The summed E-state index contributed by atoms with van der Waals surface area (Å²) in [6, 6.07) is 5.02. The maximum absolute atomic E-state index is 13.0. The van der Waals surface area contributed by atoms with Crippen LogP contribution in [0.1, 0.15) is 31.2 Å². The Labute approximate surface area is 104 Å². The van der Waals surface area contributed by atoms with E-state index in [1.165, 1.54) is 31.7 Å². The third-order valence-electron chi connectivity index (χ3n) is 3.08. The first-order valence-corrected chi connectivity index (χ1v) is 6.56. The maximum Gasteiger partial charge on any atom is 0.137 e. The molecular formula is C13H16BrFO. The van der Waals surface area contributed by atoms with E-state index in [0.717, 1.165) is 18.1 Å². The summed E-state index contributed by atoms with van der Waals surface area (Å²) in [6.45, 7) is 1.42. The van der Waals surface area contributed by atoms with Gasteiger partial charge in [-0.1, -0.05) is 18.9 Å². The van der Waals surface area contributed by atoms with Crippen molar-refractivity contribution in [2.45, 2.75) is 32.3 Å². The SMILES string of the molecule is Fc1ccc(COCC2CCCC2)cc1Br. The van der Waals surface area contributed by atoms with Gasteiger partial charge in [-0.2, -0.15) is 0 Å². The zero-order chi connectivity index (χ0) is 11.4. The second kappa shape index (κ2) is 5.78. The minimum absolute atomic E-state index is 0.223. The summed E-state index contributed by atoms with van der Waals surface area (Å²) < 4.78 is 19.1. The molecule has 1 fully saturated rings. The van der Waals surface area contributed by atoms with Crippen LogP contribution in [0.2, 0.25) is 0 Å². The maximum atomic E-state index is 13.0. The lowest BCUT2D eigenvalue weighted by Crippen LogP contribution is -2.05. The Morgan fingerprint density at radius 3 is 2.75 bits per heavy atom. The second-order valence-corrected chi connectivity index (χ2v) is 5.27. The van der Waals surface area contributed by atoms with Crippen LogP contribution >= 0.6 is 15.9 Å². The first kappa shape index (κ1) is 12.1. The van der Waals surface area contributed by atoms with Crippen molar-refractivity contribution in [1.29, 1.82) is 0 Å². The lowest BCUT2D eigenvalue weighted by Gasteiger charge is -2.10. The molecule has 1 saturated carbocycles. The molecule has 0 spiro atoms. The van der Waals surface area contributed by atoms with Crippen LogP contribution in [-0.4, -0.2) is 6.61 Å². The Balaban J connectivity index is 1.78. The van der Waals surface area contributed by atoms with Gasteiger partial charge in [-0.05, 0) is 52.4 Å². The van der Waals surface area contributed by atoms with Crippen LogP contribution in [0.15, 0.2) is 22.7 Å². The highest BCUT2D eigenvalue weighted by Crippen LogP contribution is 2.25. The van der Waals surface area contributed by atoms with Crippen LogP contribution in [0.25, 0.3) is 0 Å². The molecule has 0 saturated heterocycles. The van der Waals surface area contributed by atoms with Crippen molar-refractivity contribution in [1.82, 2.24) is 0 Å². The number of rotatable bonds is 4. The van der Waals surface area contributed by atoms with Gasteiger partial charge < -0.3 is 4.74 Å². The number of ether oxygens (including phenoxy) is 1. The molecule has 3 heteroatoms. The fourth-order valence-electron chi connectivity index (χ4n) is 2.15. The molecule has 0 amide bonds. The van der Waals surface area contributed by atoms with Gasteiger partial charge in [0.25, 0.3) is 0 Å². The molecule has 0 aliphatic heterocycles. The van der Waals surface area contributed by atoms with Crippen molar-refractivity contribution < 1.29 is 9.13 Å². The number of hydrogen-bond donors (Lipinski definition) is 0. The smallest absolute Gasteiger partial charge is 0.137 e. The quantitative estimate of drug-likeness (QED) is 0.802. The zero-order valence-corrected chi connectivity index (χ0v) is 10.8. The summed E-state index contributed by atoms with van der Waals surface area (Å²) in [7, 11) is 0. The molecule has 1 aliphatic carbocycles. The molecule has 2 rings (SSSR count). The van der Waals surface area contributed by atoms with Gasteiger partial charge in [0.2, 0.25) is 0 Å². The van der Waals surface area contributed by atoms with Gasteiger partial charge in [-0.3, -0.25) is 0 Å². The van der Waals surface area contributed by atoms with E-state index in [2.05, 4.69) is 15.9 Å². The molecule has 1 aliphatic rings. The highest BCUT2D eigenvalue weighted by molar-refractivity contribution is 9.10. The highest BCUT2D eigenvalue weighted by Gasteiger charge is 2.14. The third kappa shape index (κ3) is 3.29. The molecule has 0 heterocycles. The number of halogens is 2. The second-order valence-electron chi connectivity index (χ2n) is 4.41. The summed E-state index contributed by atoms with van der Waals surface area (Å²) >= 11 is 3.17. The van der Waals surface area contributed by atoms with Gasteiger partial charge in [-0.15, -0.1) is 0 Å². The fraction of sp³-hybridized carbons (Fsp3) is 0.538. The minimum atomic E-state index is -0.223. The van der Waals surface area contributed by atoms with E-state index < -0.39 is 0 Å². The number of benzene rings is 1. The van der Waals surface area contributed by atoms with Gasteiger partial charge in [0.15, 0.2) is 0 Å². The monoisotopic (exact) mass is 286 g/mol. The van der Waals surface area contributed by atoms with E-state index in [1.54, 1.807) is 12.1 Å². The van der Waals surface area contributed by atoms with E-state index in [-0.39, 0.29) is 5.82 Å². The van der Waals surface area contributed by atoms with Crippen LogP contribution < -0.4 is 0 Å². The molecule has 0 bridgehead atoms. The average molecular weight is 287 g/mol. The molecule has 1 aromatic rings. The summed E-state index contributed by atoms with van der Waals surface area (Å²) in [5.41, 5.74) is 1.02. The molecule has 88 valence electrons. The van der Waals surface area contributed by atoms with Crippen LogP contribution in [-0.2, 0) is 11.3 Å². The predicted molar refractivity (Wildman–Crippen MR) is 65.7 cm³/mol. The highest BCUT2D eigenvalue weighted by atomic mass is 79.9. The van der Waals surface area contributed by atoms with Crippen molar-refractivity contribution >= 4 is 15.9 Å². The normalized spacial score (nSPS) is 16.9. The van der Waals surface area contributed by atoms with Gasteiger partial charge in [0.1, 0.15) is 5.82 Å². The average Bonchev–Trinajstić information content (AvgIpc) is 2.76. The Hall–Kier alpha value is -0.410. The summed E-state index contributed by atoms with van der Waals surface area (Å²) in [6.07, 6.45) is 5.28. The Morgan fingerprint density at radius 1 is 1.31 bits per heavy atom. The van der Waals surface area contributed by atoms with E-state index >= 15 is 0 Å². The minimum Gasteiger partial charge on any atom is -0.376 e. The molecule has 0 N–H and O–H groups in total. The van der Waals surface area contributed by atoms with E-state index in [1.807, 2.05) is 0 Å². The molecule has 1 aromatic carbocycles. The lowest BCUT2D eigenvalue weighted by atomic mass is 10.1.